The molecule has 1 atom stereocenters. The first-order chi connectivity index (χ1) is 9.70. The second-order valence-electron chi connectivity index (χ2n) is 5.18. The largest absolute Gasteiger partial charge is 0.370 e. The summed E-state index contributed by atoms with van der Waals surface area (Å²) in [5.41, 5.74) is 3.35. The van der Waals surface area contributed by atoms with Crippen LogP contribution in [0.4, 0.5) is 5.69 Å². The maximum atomic E-state index is 5.97. The van der Waals surface area contributed by atoms with Crippen molar-refractivity contribution in [3.8, 4) is 0 Å². The van der Waals surface area contributed by atoms with E-state index >= 15 is 0 Å². The zero-order valence-corrected chi connectivity index (χ0v) is 12.7. The van der Waals surface area contributed by atoms with E-state index in [1.807, 2.05) is 20.0 Å². The average Bonchev–Trinajstić information content (AvgIpc) is 3.05. The fourth-order valence-electron chi connectivity index (χ4n) is 2.50. The molecule has 5 heteroatoms. The van der Waals surface area contributed by atoms with Crippen LogP contribution in [-0.4, -0.2) is 29.2 Å². The maximum absolute atomic E-state index is 5.97. The van der Waals surface area contributed by atoms with Crippen LogP contribution in [-0.2, 0) is 11.3 Å². The van der Waals surface area contributed by atoms with Gasteiger partial charge in [-0.05, 0) is 32.4 Å². The van der Waals surface area contributed by atoms with Gasteiger partial charge in [-0.15, -0.1) is 11.3 Å². The second-order valence-corrected chi connectivity index (χ2v) is 6.24. The number of aryl methyl sites for hydroxylation is 2. The first kappa shape index (κ1) is 13.5. The van der Waals surface area contributed by atoms with E-state index in [0.29, 0.717) is 12.7 Å². The van der Waals surface area contributed by atoms with Gasteiger partial charge in [0.2, 0.25) is 0 Å². The van der Waals surface area contributed by atoms with Gasteiger partial charge in [-0.3, -0.25) is 4.98 Å². The van der Waals surface area contributed by atoms with Crippen molar-refractivity contribution in [1.29, 1.82) is 0 Å². The van der Waals surface area contributed by atoms with Crippen LogP contribution in [0.1, 0.15) is 22.8 Å². The quantitative estimate of drug-likeness (QED) is 0.867. The number of rotatable bonds is 4. The first-order valence-corrected chi connectivity index (χ1v) is 7.79. The third-order valence-corrected chi connectivity index (χ3v) is 4.35. The Morgan fingerprint density at radius 2 is 2.35 bits per heavy atom. The molecule has 0 amide bonds. The van der Waals surface area contributed by atoms with Gasteiger partial charge in [0.1, 0.15) is 0 Å². The van der Waals surface area contributed by atoms with E-state index in [0.717, 1.165) is 35.9 Å². The van der Waals surface area contributed by atoms with E-state index in [2.05, 4.69) is 32.4 Å². The third kappa shape index (κ3) is 3.16. The number of anilines is 1. The minimum absolute atomic E-state index is 0.297. The number of hydrogen-bond acceptors (Lipinski definition) is 5. The Kier molecular flexibility index (Phi) is 3.98. The molecule has 1 aliphatic heterocycles. The number of pyridine rings is 1. The van der Waals surface area contributed by atoms with Crippen molar-refractivity contribution in [2.45, 2.75) is 33.0 Å². The van der Waals surface area contributed by atoms with Crippen molar-refractivity contribution in [1.82, 2.24) is 9.97 Å². The van der Waals surface area contributed by atoms with Crippen molar-refractivity contribution in [3.63, 3.8) is 0 Å². The smallest absolute Gasteiger partial charge is 0.0901 e. The molecule has 1 fully saturated rings. The Bertz CT molecular complexity index is 584. The fourth-order valence-corrected chi connectivity index (χ4v) is 3.10. The van der Waals surface area contributed by atoms with Crippen molar-refractivity contribution in [2.75, 3.05) is 18.0 Å². The summed E-state index contributed by atoms with van der Waals surface area (Å²) in [4.78, 5) is 11.0. The number of hydrogen-bond donors (Lipinski definition) is 0. The van der Waals surface area contributed by atoms with Crippen LogP contribution in [0.15, 0.2) is 23.7 Å². The van der Waals surface area contributed by atoms with E-state index in [4.69, 9.17) is 4.74 Å². The number of aromatic nitrogens is 2. The molecular weight excluding hydrogens is 270 g/mol. The second kappa shape index (κ2) is 5.89. The molecule has 0 spiro atoms. The van der Waals surface area contributed by atoms with Crippen LogP contribution in [0.3, 0.4) is 0 Å². The van der Waals surface area contributed by atoms with Crippen molar-refractivity contribution in [2.24, 2.45) is 0 Å². The minimum atomic E-state index is 0.297. The average molecular weight is 289 g/mol. The van der Waals surface area contributed by atoms with Gasteiger partial charge in [-0.25, -0.2) is 4.98 Å². The summed E-state index contributed by atoms with van der Waals surface area (Å²) >= 11 is 1.68. The molecule has 0 saturated carbocycles. The lowest BCUT2D eigenvalue weighted by Crippen LogP contribution is -2.22. The van der Waals surface area contributed by atoms with Gasteiger partial charge < -0.3 is 9.64 Å². The van der Waals surface area contributed by atoms with E-state index in [9.17, 15) is 0 Å². The Morgan fingerprint density at radius 3 is 3.10 bits per heavy atom. The highest BCUT2D eigenvalue weighted by Gasteiger charge is 2.23. The molecule has 0 bridgehead atoms. The highest BCUT2D eigenvalue weighted by atomic mass is 32.1. The molecule has 0 aromatic carbocycles. The number of nitrogens with zero attached hydrogens (tertiary/aromatic N) is 3. The SMILES string of the molecule is Cc1cc(N2CCC(OCc3csc(C)n3)C2)ccn1. The molecule has 0 aliphatic carbocycles. The lowest BCUT2D eigenvalue weighted by molar-refractivity contribution is 0.0536. The highest BCUT2D eigenvalue weighted by molar-refractivity contribution is 7.09. The molecule has 3 heterocycles. The normalized spacial score (nSPS) is 18.7. The minimum Gasteiger partial charge on any atom is -0.370 e. The van der Waals surface area contributed by atoms with Gasteiger partial charge >= 0.3 is 0 Å². The van der Waals surface area contributed by atoms with E-state index in [1.165, 1.54) is 5.69 Å². The van der Waals surface area contributed by atoms with Gasteiger partial charge in [0.25, 0.3) is 0 Å². The molecule has 20 heavy (non-hydrogen) atoms. The standard InChI is InChI=1S/C15H19N3OS/c1-11-7-14(3-5-16-11)18-6-4-15(8-18)19-9-13-10-20-12(2)17-13/h3,5,7,10,15H,4,6,8-9H2,1-2H3. The molecule has 1 unspecified atom stereocenters. The van der Waals surface area contributed by atoms with Crippen LogP contribution in [0, 0.1) is 13.8 Å². The van der Waals surface area contributed by atoms with Gasteiger partial charge in [0.05, 0.1) is 23.4 Å². The fraction of sp³-hybridized carbons (Fsp3) is 0.467. The van der Waals surface area contributed by atoms with Crippen LogP contribution >= 0.6 is 11.3 Å². The summed E-state index contributed by atoms with van der Waals surface area (Å²) in [6.07, 6.45) is 3.24. The number of thiazole rings is 1. The molecule has 1 saturated heterocycles. The van der Waals surface area contributed by atoms with Crippen molar-refractivity contribution in [3.05, 3.63) is 40.1 Å². The van der Waals surface area contributed by atoms with E-state index < -0.39 is 0 Å². The molecule has 3 rings (SSSR count). The molecule has 4 nitrogen and oxygen atoms in total. The van der Waals surface area contributed by atoms with Crippen molar-refractivity contribution >= 4 is 17.0 Å². The Morgan fingerprint density at radius 1 is 1.45 bits per heavy atom. The molecule has 1 aliphatic rings. The van der Waals surface area contributed by atoms with Gasteiger partial charge in [-0.2, -0.15) is 0 Å². The number of ether oxygens (including phenoxy) is 1. The topological polar surface area (TPSA) is 38.2 Å². The summed E-state index contributed by atoms with van der Waals surface area (Å²) in [7, 11) is 0. The van der Waals surface area contributed by atoms with Crippen LogP contribution in [0.2, 0.25) is 0 Å². The molecule has 2 aromatic rings. The van der Waals surface area contributed by atoms with E-state index in [-0.39, 0.29) is 0 Å². The zero-order valence-electron chi connectivity index (χ0n) is 11.9. The third-order valence-electron chi connectivity index (χ3n) is 3.52. The summed E-state index contributed by atoms with van der Waals surface area (Å²) < 4.78 is 5.97. The molecule has 2 aromatic heterocycles. The van der Waals surface area contributed by atoms with Crippen LogP contribution in [0.25, 0.3) is 0 Å². The predicted molar refractivity (Wildman–Crippen MR) is 81.2 cm³/mol. The molecular formula is C15H19N3OS. The van der Waals surface area contributed by atoms with Crippen LogP contribution in [0.5, 0.6) is 0 Å². The maximum Gasteiger partial charge on any atom is 0.0901 e. The first-order valence-electron chi connectivity index (χ1n) is 6.91. The van der Waals surface area contributed by atoms with Gasteiger partial charge in [-0.1, -0.05) is 0 Å². The summed E-state index contributed by atoms with van der Waals surface area (Å²) in [6, 6.07) is 4.20. The predicted octanol–water partition coefficient (Wildman–Crippen LogP) is 2.95. The summed E-state index contributed by atoms with van der Waals surface area (Å²) in [5.74, 6) is 0. The Balaban J connectivity index is 1.54. The van der Waals surface area contributed by atoms with Gasteiger partial charge in [0.15, 0.2) is 0 Å². The van der Waals surface area contributed by atoms with Crippen LogP contribution < -0.4 is 4.90 Å². The zero-order chi connectivity index (χ0) is 13.9. The molecule has 0 radical (unpaired) electrons. The Hall–Kier alpha value is -1.46. The van der Waals surface area contributed by atoms with Gasteiger partial charge in [0, 0.05) is 36.0 Å². The molecule has 106 valence electrons. The summed E-state index contributed by atoms with van der Waals surface area (Å²) in [6.45, 7) is 6.67. The van der Waals surface area contributed by atoms with Crippen molar-refractivity contribution < 1.29 is 4.74 Å². The summed E-state index contributed by atoms with van der Waals surface area (Å²) in [5, 5.41) is 3.18. The Labute approximate surface area is 123 Å². The highest BCUT2D eigenvalue weighted by Crippen LogP contribution is 2.22. The monoisotopic (exact) mass is 289 g/mol. The molecule has 0 N–H and O–H groups in total. The lowest BCUT2D eigenvalue weighted by atomic mass is 10.3. The van der Waals surface area contributed by atoms with E-state index in [1.54, 1.807) is 11.3 Å². The lowest BCUT2D eigenvalue weighted by Gasteiger charge is -2.18.